The molecule has 1 fully saturated rings. The van der Waals surface area contributed by atoms with Crippen LogP contribution in [0.4, 0.5) is 18.0 Å². The van der Waals surface area contributed by atoms with Crippen molar-refractivity contribution in [2.45, 2.75) is 12.0 Å². The Morgan fingerprint density at radius 1 is 1.58 bits per heavy atom. The first-order valence-corrected chi connectivity index (χ1v) is 2.89. The molecule has 0 radical (unpaired) electrons. The van der Waals surface area contributed by atoms with Gasteiger partial charge in [0.2, 0.25) is 0 Å². The van der Waals surface area contributed by atoms with E-state index in [4.69, 9.17) is 0 Å². The average Bonchev–Trinajstić information content (AvgIpc) is 2.31. The highest BCUT2D eigenvalue weighted by atomic mass is 19.4. The van der Waals surface area contributed by atoms with E-state index in [1.54, 1.807) is 0 Å². The van der Waals surface area contributed by atoms with Crippen molar-refractivity contribution in [3.05, 3.63) is 0 Å². The molecule has 1 atom stereocenters. The standard InChI is InChI=1S/C5H5F3O4/c1-10-4(5(6,7)8)2-11-3(9)12-4/h2H2,1H3. The van der Waals surface area contributed by atoms with E-state index in [0.717, 1.165) is 7.11 Å². The fourth-order valence-corrected chi connectivity index (χ4v) is 0.703. The molecule has 0 amide bonds. The number of alkyl halides is 3. The van der Waals surface area contributed by atoms with E-state index in [-0.39, 0.29) is 0 Å². The van der Waals surface area contributed by atoms with E-state index in [0.29, 0.717) is 0 Å². The van der Waals surface area contributed by atoms with Crippen LogP contribution in [0.2, 0.25) is 0 Å². The second-order valence-corrected chi connectivity index (χ2v) is 2.10. The van der Waals surface area contributed by atoms with Gasteiger partial charge in [0.1, 0.15) is 0 Å². The van der Waals surface area contributed by atoms with E-state index in [1.807, 2.05) is 0 Å². The van der Waals surface area contributed by atoms with Gasteiger partial charge in [-0.1, -0.05) is 0 Å². The molecule has 1 rings (SSSR count). The highest BCUT2D eigenvalue weighted by Crippen LogP contribution is 2.37. The first-order chi connectivity index (χ1) is 5.41. The van der Waals surface area contributed by atoms with Gasteiger partial charge in [0.05, 0.1) is 0 Å². The van der Waals surface area contributed by atoms with Crippen LogP contribution in [-0.4, -0.2) is 31.8 Å². The molecule has 1 heterocycles. The number of hydrogen-bond acceptors (Lipinski definition) is 4. The fraction of sp³-hybridized carbons (Fsp3) is 0.800. The lowest BCUT2D eigenvalue weighted by atomic mass is 10.3. The quantitative estimate of drug-likeness (QED) is 0.574. The Balaban J connectivity index is 2.85. The lowest BCUT2D eigenvalue weighted by Crippen LogP contribution is -2.49. The van der Waals surface area contributed by atoms with Gasteiger partial charge in [0, 0.05) is 7.11 Å². The van der Waals surface area contributed by atoms with Gasteiger partial charge in [0.15, 0.2) is 6.61 Å². The summed E-state index contributed by atoms with van der Waals surface area (Å²) in [4.78, 5) is 10.2. The first-order valence-electron chi connectivity index (χ1n) is 2.89. The van der Waals surface area contributed by atoms with Crippen molar-refractivity contribution in [3.8, 4) is 0 Å². The minimum atomic E-state index is -4.78. The van der Waals surface area contributed by atoms with E-state index in [2.05, 4.69) is 14.2 Å². The zero-order chi connectivity index (χ0) is 9.41. The largest absolute Gasteiger partial charge is 0.511 e. The second-order valence-electron chi connectivity index (χ2n) is 2.10. The van der Waals surface area contributed by atoms with Crippen molar-refractivity contribution in [1.82, 2.24) is 0 Å². The summed E-state index contributed by atoms with van der Waals surface area (Å²) >= 11 is 0. The number of methoxy groups -OCH3 is 1. The molecular weight excluding hydrogens is 181 g/mol. The predicted octanol–water partition coefficient (Wildman–Crippen LogP) is 1.06. The zero-order valence-corrected chi connectivity index (χ0v) is 5.97. The molecule has 0 spiro atoms. The first kappa shape index (κ1) is 9.11. The molecule has 1 aliphatic rings. The van der Waals surface area contributed by atoms with Crippen molar-refractivity contribution >= 4 is 6.16 Å². The summed E-state index contributed by atoms with van der Waals surface area (Å²) in [6, 6.07) is 0. The summed E-state index contributed by atoms with van der Waals surface area (Å²) in [6.45, 7) is -0.966. The summed E-state index contributed by atoms with van der Waals surface area (Å²) in [6.07, 6.45) is -6.16. The maximum absolute atomic E-state index is 12.1. The van der Waals surface area contributed by atoms with Gasteiger partial charge in [-0.25, -0.2) is 4.79 Å². The lowest BCUT2D eigenvalue weighted by Gasteiger charge is -2.24. The van der Waals surface area contributed by atoms with Crippen molar-refractivity contribution in [2.24, 2.45) is 0 Å². The molecule has 0 aromatic carbocycles. The fourth-order valence-electron chi connectivity index (χ4n) is 0.703. The minimum Gasteiger partial charge on any atom is -0.427 e. The van der Waals surface area contributed by atoms with Gasteiger partial charge in [-0.15, -0.1) is 0 Å². The normalized spacial score (nSPS) is 29.8. The van der Waals surface area contributed by atoms with Crippen molar-refractivity contribution in [1.29, 1.82) is 0 Å². The van der Waals surface area contributed by atoms with E-state index >= 15 is 0 Å². The maximum atomic E-state index is 12.1. The number of hydrogen-bond donors (Lipinski definition) is 0. The van der Waals surface area contributed by atoms with Gasteiger partial charge in [0.25, 0.3) is 0 Å². The SMILES string of the molecule is COC1(C(F)(F)F)COC(=O)O1. The zero-order valence-electron chi connectivity index (χ0n) is 5.97. The summed E-state index contributed by atoms with van der Waals surface area (Å²) in [7, 11) is 0.787. The lowest BCUT2D eigenvalue weighted by molar-refractivity contribution is -0.341. The van der Waals surface area contributed by atoms with Crippen LogP contribution in [0.5, 0.6) is 0 Å². The van der Waals surface area contributed by atoms with Gasteiger partial charge in [-0.2, -0.15) is 13.2 Å². The number of cyclic esters (lactones) is 2. The topological polar surface area (TPSA) is 44.8 Å². The molecule has 0 N–H and O–H groups in total. The Morgan fingerprint density at radius 2 is 2.17 bits per heavy atom. The number of halogens is 3. The molecule has 1 aliphatic heterocycles. The number of ether oxygens (including phenoxy) is 3. The summed E-state index contributed by atoms with van der Waals surface area (Å²) in [5, 5.41) is 0. The smallest absolute Gasteiger partial charge is 0.427 e. The average molecular weight is 186 g/mol. The van der Waals surface area contributed by atoms with Crippen LogP contribution in [0.15, 0.2) is 0 Å². The van der Waals surface area contributed by atoms with E-state index < -0.39 is 24.7 Å². The predicted molar refractivity (Wildman–Crippen MR) is 28.2 cm³/mol. The molecule has 4 nitrogen and oxygen atoms in total. The molecule has 0 bridgehead atoms. The monoisotopic (exact) mass is 186 g/mol. The molecule has 70 valence electrons. The van der Waals surface area contributed by atoms with Crippen LogP contribution in [0.3, 0.4) is 0 Å². The molecule has 0 aromatic rings. The summed E-state index contributed by atoms with van der Waals surface area (Å²) in [5.74, 6) is -2.93. The number of carbonyl (C=O) groups is 1. The van der Waals surface area contributed by atoms with Crippen LogP contribution in [0, 0.1) is 0 Å². The molecule has 0 aliphatic carbocycles. The molecule has 1 unspecified atom stereocenters. The van der Waals surface area contributed by atoms with Crippen molar-refractivity contribution in [2.75, 3.05) is 13.7 Å². The van der Waals surface area contributed by atoms with Crippen LogP contribution in [0.25, 0.3) is 0 Å². The Hall–Kier alpha value is -0.980. The summed E-state index contributed by atoms with van der Waals surface area (Å²) in [5.41, 5.74) is 0. The van der Waals surface area contributed by atoms with Crippen LogP contribution < -0.4 is 0 Å². The van der Waals surface area contributed by atoms with Gasteiger partial charge in [-0.05, 0) is 0 Å². The highest BCUT2D eigenvalue weighted by Gasteiger charge is 2.64. The van der Waals surface area contributed by atoms with Gasteiger partial charge < -0.3 is 14.2 Å². The Kier molecular flexibility index (Phi) is 1.91. The number of rotatable bonds is 1. The highest BCUT2D eigenvalue weighted by molar-refractivity contribution is 5.62. The molecule has 7 heteroatoms. The Labute approximate surface area is 65.2 Å². The molecular formula is C5H5F3O4. The third-order valence-electron chi connectivity index (χ3n) is 1.39. The Bertz CT molecular complexity index is 201. The maximum Gasteiger partial charge on any atom is 0.511 e. The Morgan fingerprint density at radius 3 is 2.33 bits per heavy atom. The third kappa shape index (κ3) is 1.20. The van der Waals surface area contributed by atoms with Crippen molar-refractivity contribution in [3.63, 3.8) is 0 Å². The number of carbonyl (C=O) groups excluding carboxylic acids is 1. The van der Waals surface area contributed by atoms with Crippen molar-refractivity contribution < 1.29 is 32.2 Å². The third-order valence-corrected chi connectivity index (χ3v) is 1.39. The minimum absolute atomic E-state index is 0.787. The second kappa shape index (κ2) is 2.51. The molecule has 0 saturated carbocycles. The van der Waals surface area contributed by atoms with E-state index in [9.17, 15) is 18.0 Å². The van der Waals surface area contributed by atoms with Crippen LogP contribution >= 0.6 is 0 Å². The van der Waals surface area contributed by atoms with Crippen LogP contribution in [0.1, 0.15) is 0 Å². The van der Waals surface area contributed by atoms with Gasteiger partial charge in [-0.3, -0.25) is 0 Å². The summed E-state index contributed by atoms with van der Waals surface area (Å²) < 4.78 is 48.2. The molecule has 12 heavy (non-hydrogen) atoms. The van der Waals surface area contributed by atoms with Crippen LogP contribution in [-0.2, 0) is 14.2 Å². The molecule has 0 aromatic heterocycles. The van der Waals surface area contributed by atoms with Gasteiger partial charge >= 0.3 is 18.1 Å². The molecule has 1 saturated heterocycles. The van der Waals surface area contributed by atoms with E-state index in [1.165, 1.54) is 0 Å².